The maximum absolute atomic E-state index is 6.45. The molecule has 3 fully saturated rings. The fourth-order valence-corrected chi connectivity index (χ4v) is 4.51. The van der Waals surface area contributed by atoms with Gasteiger partial charge in [-0.2, -0.15) is 0 Å². The highest BCUT2D eigenvalue weighted by Gasteiger charge is 2.40. The maximum Gasteiger partial charge on any atom is 0.0708 e. The molecular formula is C17H31NO. The van der Waals surface area contributed by atoms with E-state index in [4.69, 9.17) is 4.74 Å². The predicted molar refractivity (Wildman–Crippen MR) is 79.3 cm³/mol. The van der Waals surface area contributed by atoms with Gasteiger partial charge in [0.05, 0.1) is 11.7 Å². The fourth-order valence-electron chi connectivity index (χ4n) is 4.51. The molecule has 1 spiro atoms. The molecule has 0 aromatic heterocycles. The molecular weight excluding hydrogens is 234 g/mol. The molecule has 0 bridgehead atoms. The summed E-state index contributed by atoms with van der Waals surface area (Å²) in [7, 11) is 0. The molecule has 0 aromatic carbocycles. The molecule has 0 radical (unpaired) electrons. The topological polar surface area (TPSA) is 21.3 Å². The third kappa shape index (κ3) is 3.33. The first kappa shape index (κ1) is 13.9. The van der Waals surface area contributed by atoms with Crippen LogP contribution in [0.2, 0.25) is 0 Å². The molecule has 0 amide bonds. The van der Waals surface area contributed by atoms with Gasteiger partial charge in [-0.25, -0.2) is 0 Å². The van der Waals surface area contributed by atoms with E-state index in [0.717, 1.165) is 18.5 Å². The second-order valence-electron chi connectivity index (χ2n) is 7.30. The first-order chi connectivity index (χ1) is 9.27. The number of hydrogen-bond donors (Lipinski definition) is 1. The summed E-state index contributed by atoms with van der Waals surface area (Å²) in [5.74, 6) is 0.860. The summed E-state index contributed by atoms with van der Waals surface area (Å²) in [5, 5.41) is 3.81. The van der Waals surface area contributed by atoms with Crippen molar-refractivity contribution in [2.45, 2.75) is 95.3 Å². The van der Waals surface area contributed by atoms with Crippen molar-refractivity contribution in [3.63, 3.8) is 0 Å². The monoisotopic (exact) mass is 265 g/mol. The first-order valence-electron chi connectivity index (χ1n) is 8.69. The van der Waals surface area contributed by atoms with Gasteiger partial charge in [0, 0.05) is 12.6 Å². The Labute approximate surface area is 118 Å². The molecule has 1 saturated heterocycles. The van der Waals surface area contributed by atoms with Gasteiger partial charge in [-0.05, 0) is 44.4 Å². The van der Waals surface area contributed by atoms with Crippen LogP contribution in [0, 0.1) is 5.92 Å². The minimum Gasteiger partial charge on any atom is -0.370 e. The van der Waals surface area contributed by atoms with Gasteiger partial charge in [-0.15, -0.1) is 0 Å². The van der Waals surface area contributed by atoms with E-state index in [2.05, 4.69) is 12.2 Å². The van der Waals surface area contributed by atoms with Crippen molar-refractivity contribution in [2.75, 3.05) is 6.54 Å². The molecule has 3 aliphatic rings. The Bertz CT molecular complexity index is 285. The molecule has 3 rings (SSSR count). The molecule has 0 aromatic rings. The van der Waals surface area contributed by atoms with Gasteiger partial charge in [0.1, 0.15) is 0 Å². The highest BCUT2D eigenvalue weighted by molar-refractivity contribution is 4.92. The van der Waals surface area contributed by atoms with Crippen molar-refractivity contribution in [1.82, 2.24) is 5.32 Å². The lowest BCUT2D eigenvalue weighted by Crippen LogP contribution is -2.42. The minimum absolute atomic E-state index is 0.294. The van der Waals surface area contributed by atoms with Gasteiger partial charge in [0.25, 0.3) is 0 Å². The van der Waals surface area contributed by atoms with Crippen LogP contribution in [0.5, 0.6) is 0 Å². The number of hydrogen-bond acceptors (Lipinski definition) is 2. The van der Waals surface area contributed by atoms with Gasteiger partial charge < -0.3 is 10.1 Å². The molecule has 1 aliphatic heterocycles. The molecule has 2 nitrogen and oxygen atoms in total. The first-order valence-corrected chi connectivity index (χ1v) is 8.69. The highest BCUT2D eigenvalue weighted by Crippen LogP contribution is 2.41. The van der Waals surface area contributed by atoms with Crippen LogP contribution in [0.15, 0.2) is 0 Å². The summed E-state index contributed by atoms with van der Waals surface area (Å²) in [4.78, 5) is 0. The summed E-state index contributed by atoms with van der Waals surface area (Å²) in [6.07, 6.45) is 15.6. The van der Waals surface area contributed by atoms with Crippen molar-refractivity contribution in [1.29, 1.82) is 0 Å². The van der Waals surface area contributed by atoms with Gasteiger partial charge in [-0.3, -0.25) is 0 Å². The SMILES string of the molecule is CC1CCCCC1NCC1CCC2(CCCCC2)O1. The van der Waals surface area contributed by atoms with Crippen LogP contribution in [-0.4, -0.2) is 24.3 Å². The van der Waals surface area contributed by atoms with E-state index < -0.39 is 0 Å². The summed E-state index contributed by atoms with van der Waals surface area (Å²) in [5.41, 5.74) is 0.294. The van der Waals surface area contributed by atoms with E-state index in [9.17, 15) is 0 Å². The lowest BCUT2D eigenvalue weighted by atomic mass is 9.83. The molecule has 1 N–H and O–H groups in total. The normalized spacial score (nSPS) is 38.7. The van der Waals surface area contributed by atoms with Gasteiger partial charge in [-0.1, -0.05) is 39.0 Å². The van der Waals surface area contributed by atoms with Gasteiger partial charge in [0.2, 0.25) is 0 Å². The zero-order valence-electron chi connectivity index (χ0n) is 12.6. The van der Waals surface area contributed by atoms with E-state index in [1.54, 1.807) is 0 Å². The van der Waals surface area contributed by atoms with E-state index in [0.29, 0.717) is 11.7 Å². The van der Waals surface area contributed by atoms with Crippen LogP contribution in [0.3, 0.4) is 0 Å². The van der Waals surface area contributed by atoms with Crippen molar-refractivity contribution < 1.29 is 4.74 Å². The maximum atomic E-state index is 6.45. The zero-order valence-corrected chi connectivity index (χ0v) is 12.6. The summed E-state index contributed by atoms with van der Waals surface area (Å²) in [6.45, 7) is 3.51. The molecule has 2 saturated carbocycles. The average molecular weight is 265 g/mol. The Kier molecular flexibility index (Phi) is 4.48. The molecule has 3 atom stereocenters. The zero-order chi connectivity index (χ0) is 13.1. The average Bonchev–Trinajstić information content (AvgIpc) is 2.82. The number of nitrogens with one attached hydrogen (secondary N) is 1. The lowest BCUT2D eigenvalue weighted by molar-refractivity contribution is -0.0635. The minimum atomic E-state index is 0.294. The Morgan fingerprint density at radius 3 is 2.53 bits per heavy atom. The molecule has 1 heterocycles. The smallest absolute Gasteiger partial charge is 0.0708 e. The second kappa shape index (κ2) is 6.13. The number of ether oxygens (including phenoxy) is 1. The molecule has 2 aliphatic carbocycles. The second-order valence-corrected chi connectivity index (χ2v) is 7.30. The fraction of sp³-hybridized carbons (Fsp3) is 1.00. The lowest BCUT2D eigenvalue weighted by Gasteiger charge is -2.34. The predicted octanol–water partition coefficient (Wildman–Crippen LogP) is 4.04. The van der Waals surface area contributed by atoms with Gasteiger partial charge >= 0.3 is 0 Å². The third-order valence-corrected chi connectivity index (χ3v) is 5.82. The number of rotatable bonds is 3. The molecule has 110 valence electrons. The van der Waals surface area contributed by atoms with Gasteiger partial charge in [0.15, 0.2) is 0 Å². The van der Waals surface area contributed by atoms with Crippen LogP contribution in [-0.2, 0) is 4.74 Å². The molecule has 2 heteroatoms. The summed E-state index contributed by atoms with van der Waals surface area (Å²) < 4.78 is 6.45. The van der Waals surface area contributed by atoms with E-state index >= 15 is 0 Å². The summed E-state index contributed by atoms with van der Waals surface area (Å²) >= 11 is 0. The summed E-state index contributed by atoms with van der Waals surface area (Å²) in [6, 6.07) is 0.750. The van der Waals surface area contributed by atoms with Crippen LogP contribution in [0.4, 0.5) is 0 Å². The van der Waals surface area contributed by atoms with Crippen LogP contribution < -0.4 is 5.32 Å². The van der Waals surface area contributed by atoms with Crippen molar-refractivity contribution in [3.05, 3.63) is 0 Å². The highest BCUT2D eigenvalue weighted by atomic mass is 16.5. The van der Waals surface area contributed by atoms with Crippen molar-refractivity contribution in [3.8, 4) is 0 Å². The molecule has 3 unspecified atom stereocenters. The molecule has 19 heavy (non-hydrogen) atoms. The Balaban J connectivity index is 1.44. The largest absolute Gasteiger partial charge is 0.370 e. The van der Waals surface area contributed by atoms with Crippen molar-refractivity contribution in [2.24, 2.45) is 5.92 Å². The van der Waals surface area contributed by atoms with E-state index in [-0.39, 0.29) is 0 Å². The van der Waals surface area contributed by atoms with Crippen LogP contribution in [0.1, 0.15) is 77.6 Å². The Morgan fingerprint density at radius 2 is 1.74 bits per heavy atom. The van der Waals surface area contributed by atoms with Crippen LogP contribution >= 0.6 is 0 Å². The van der Waals surface area contributed by atoms with Crippen LogP contribution in [0.25, 0.3) is 0 Å². The van der Waals surface area contributed by atoms with E-state index in [1.807, 2.05) is 0 Å². The Morgan fingerprint density at radius 1 is 0.947 bits per heavy atom. The van der Waals surface area contributed by atoms with Crippen molar-refractivity contribution >= 4 is 0 Å². The standard InChI is InChI=1S/C17H31NO/c1-14-7-3-4-8-16(14)18-13-15-9-12-17(19-15)10-5-2-6-11-17/h14-16,18H,2-13H2,1H3. The third-order valence-electron chi connectivity index (χ3n) is 5.82. The quantitative estimate of drug-likeness (QED) is 0.831. The Hall–Kier alpha value is -0.0800. The van der Waals surface area contributed by atoms with E-state index in [1.165, 1.54) is 70.6 Å².